The van der Waals surface area contributed by atoms with Gasteiger partial charge in [-0.3, -0.25) is 9.59 Å². The fourth-order valence-corrected chi connectivity index (χ4v) is 1.60. The number of hydrogen-bond donors (Lipinski definition) is 8. The van der Waals surface area contributed by atoms with Crippen LogP contribution in [-0.4, -0.2) is 65.8 Å². The zero-order valence-electron chi connectivity index (χ0n) is 12.9. The number of benzene rings is 1. The van der Waals surface area contributed by atoms with E-state index in [0.29, 0.717) is 5.56 Å². The lowest BCUT2D eigenvalue weighted by Crippen LogP contribution is -2.42. The van der Waals surface area contributed by atoms with E-state index in [9.17, 15) is 19.5 Å². The van der Waals surface area contributed by atoms with E-state index in [1.54, 1.807) is 0 Å². The number of phenolic OH excluding ortho intramolecular Hbond substituents is 2. The Hall–Kier alpha value is -2.89. The summed E-state index contributed by atoms with van der Waals surface area (Å²) in [5, 5.41) is 61.0. The second-order valence-electron chi connectivity index (χ2n) is 4.98. The number of carboxylic acids is 3. The first-order valence-electron chi connectivity index (χ1n) is 6.72. The Morgan fingerprint density at radius 1 is 1.00 bits per heavy atom. The SMILES string of the molecule is NC[C@H](O)c1ccc(O)c(O)c1.O=C(O)CC(O)(CC(=O)O)C(=O)O. The number of aliphatic hydroxyl groups excluding tert-OH is 1. The van der Waals surface area contributed by atoms with Crippen molar-refractivity contribution < 1.29 is 50.1 Å². The predicted molar refractivity (Wildman–Crippen MR) is 80.9 cm³/mol. The first-order valence-corrected chi connectivity index (χ1v) is 6.72. The Balaban J connectivity index is 0.000000462. The van der Waals surface area contributed by atoms with Crippen molar-refractivity contribution in [1.29, 1.82) is 0 Å². The number of aliphatic hydroxyl groups is 2. The lowest BCUT2D eigenvalue weighted by atomic mass is 9.96. The van der Waals surface area contributed by atoms with Gasteiger partial charge in [0, 0.05) is 6.54 Å². The third-order valence-corrected chi connectivity index (χ3v) is 2.89. The lowest BCUT2D eigenvalue weighted by Gasteiger charge is -2.18. The van der Waals surface area contributed by atoms with E-state index in [0.717, 1.165) is 0 Å². The number of hydrogen-bond acceptors (Lipinski definition) is 8. The zero-order valence-corrected chi connectivity index (χ0v) is 12.9. The maximum absolute atomic E-state index is 10.3. The van der Waals surface area contributed by atoms with Gasteiger partial charge in [0.2, 0.25) is 0 Å². The van der Waals surface area contributed by atoms with Crippen molar-refractivity contribution in [3.63, 3.8) is 0 Å². The molecule has 0 saturated carbocycles. The second kappa shape index (κ2) is 9.42. The van der Waals surface area contributed by atoms with Gasteiger partial charge in [0.25, 0.3) is 0 Å². The molecule has 1 rings (SSSR count). The lowest BCUT2D eigenvalue weighted by molar-refractivity contribution is -0.170. The largest absolute Gasteiger partial charge is 0.504 e. The highest BCUT2D eigenvalue weighted by molar-refractivity contribution is 5.88. The molecule has 0 heterocycles. The monoisotopic (exact) mass is 361 g/mol. The van der Waals surface area contributed by atoms with Crippen molar-refractivity contribution in [3.05, 3.63) is 23.8 Å². The van der Waals surface area contributed by atoms with Crippen LogP contribution in [-0.2, 0) is 14.4 Å². The van der Waals surface area contributed by atoms with Gasteiger partial charge >= 0.3 is 17.9 Å². The molecule has 0 unspecified atom stereocenters. The highest BCUT2D eigenvalue weighted by atomic mass is 16.4. The van der Waals surface area contributed by atoms with Crippen LogP contribution >= 0.6 is 0 Å². The first kappa shape index (κ1) is 22.1. The van der Waals surface area contributed by atoms with Crippen molar-refractivity contribution >= 4 is 17.9 Å². The van der Waals surface area contributed by atoms with Gasteiger partial charge in [-0.05, 0) is 17.7 Å². The summed E-state index contributed by atoms with van der Waals surface area (Å²) < 4.78 is 0. The van der Waals surface area contributed by atoms with E-state index in [4.69, 9.17) is 36.4 Å². The Morgan fingerprint density at radius 2 is 1.48 bits per heavy atom. The minimum absolute atomic E-state index is 0.0875. The summed E-state index contributed by atoms with van der Waals surface area (Å²) in [6.45, 7) is 0.0875. The molecule has 11 heteroatoms. The molecule has 0 bridgehead atoms. The molecule has 140 valence electrons. The van der Waals surface area contributed by atoms with Crippen molar-refractivity contribution in [1.82, 2.24) is 0 Å². The summed E-state index contributed by atoms with van der Waals surface area (Å²) in [7, 11) is 0. The fraction of sp³-hybridized carbons (Fsp3) is 0.357. The third-order valence-electron chi connectivity index (χ3n) is 2.89. The Labute approximate surface area is 141 Å². The third kappa shape index (κ3) is 7.48. The molecule has 0 spiro atoms. The molecule has 0 aliphatic heterocycles. The molecule has 0 fully saturated rings. The van der Waals surface area contributed by atoms with Gasteiger partial charge in [0.15, 0.2) is 17.1 Å². The number of aromatic hydroxyl groups is 2. The highest BCUT2D eigenvalue weighted by Gasteiger charge is 2.40. The minimum atomic E-state index is -2.74. The first-order chi connectivity index (χ1) is 11.4. The van der Waals surface area contributed by atoms with Gasteiger partial charge in [-0.1, -0.05) is 6.07 Å². The van der Waals surface area contributed by atoms with E-state index < -0.39 is 42.5 Å². The maximum Gasteiger partial charge on any atom is 0.336 e. The molecule has 0 aliphatic rings. The smallest absolute Gasteiger partial charge is 0.336 e. The van der Waals surface area contributed by atoms with E-state index in [1.807, 2.05) is 0 Å². The topological polar surface area (TPSA) is 219 Å². The summed E-state index contributed by atoms with van der Waals surface area (Å²) in [4.78, 5) is 30.5. The van der Waals surface area contributed by atoms with Crippen molar-refractivity contribution in [2.75, 3.05) is 6.54 Å². The molecule has 9 N–H and O–H groups in total. The molecule has 1 aromatic carbocycles. The van der Waals surface area contributed by atoms with Crippen molar-refractivity contribution in [2.24, 2.45) is 5.73 Å². The van der Waals surface area contributed by atoms with Gasteiger partial charge in [0.05, 0.1) is 18.9 Å². The van der Waals surface area contributed by atoms with E-state index in [2.05, 4.69) is 0 Å². The highest BCUT2D eigenvalue weighted by Crippen LogP contribution is 2.27. The van der Waals surface area contributed by atoms with Crippen LogP contribution in [0.1, 0.15) is 24.5 Å². The summed E-state index contributed by atoms with van der Waals surface area (Å²) in [6.07, 6.45) is -3.08. The van der Waals surface area contributed by atoms with Crippen LogP contribution in [0.25, 0.3) is 0 Å². The average Bonchev–Trinajstić information content (AvgIpc) is 2.48. The van der Waals surface area contributed by atoms with Gasteiger partial charge in [-0.15, -0.1) is 0 Å². The predicted octanol–water partition coefficient (Wildman–Crippen LogP) is -1.16. The van der Waals surface area contributed by atoms with Gasteiger partial charge < -0.3 is 41.5 Å². The standard InChI is InChI=1S/C8H11NO3.C6H8O7/c9-4-8(12)5-1-2-6(10)7(11)3-5;7-3(8)1-6(13,5(11)12)2-4(9)10/h1-3,8,10-12H,4,9H2;13H,1-2H2,(H,7,8)(H,9,10)(H,11,12)/t8-;/m0./s1. The molecular formula is C14H19NO10. The van der Waals surface area contributed by atoms with E-state index in [-0.39, 0.29) is 18.0 Å². The average molecular weight is 361 g/mol. The molecule has 1 atom stereocenters. The summed E-state index contributed by atoms with van der Waals surface area (Å²) >= 11 is 0. The van der Waals surface area contributed by atoms with Crippen LogP contribution in [0.4, 0.5) is 0 Å². The van der Waals surface area contributed by atoms with Crippen LogP contribution in [0.2, 0.25) is 0 Å². The molecule has 0 saturated heterocycles. The van der Waals surface area contributed by atoms with Gasteiger partial charge in [0.1, 0.15) is 0 Å². The number of carboxylic acid groups (broad SMARTS) is 3. The Morgan fingerprint density at radius 3 is 1.80 bits per heavy atom. The molecule has 1 aromatic rings. The van der Waals surface area contributed by atoms with Crippen molar-refractivity contribution in [3.8, 4) is 11.5 Å². The van der Waals surface area contributed by atoms with Crippen molar-refractivity contribution in [2.45, 2.75) is 24.5 Å². The van der Waals surface area contributed by atoms with Crippen LogP contribution in [0.15, 0.2) is 18.2 Å². The molecule has 25 heavy (non-hydrogen) atoms. The quantitative estimate of drug-likeness (QED) is 0.271. The van der Waals surface area contributed by atoms with E-state index in [1.165, 1.54) is 18.2 Å². The number of rotatable bonds is 7. The number of nitrogens with two attached hydrogens (primary N) is 1. The molecule has 0 amide bonds. The summed E-state index contributed by atoms with van der Waals surface area (Å²) in [5.74, 6) is -5.47. The maximum atomic E-state index is 10.3. The van der Waals surface area contributed by atoms with Gasteiger partial charge in [-0.2, -0.15) is 0 Å². The summed E-state index contributed by atoms with van der Waals surface area (Å²) in [5.41, 5.74) is 2.95. The molecule has 0 aliphatic carbocycles. The van der Waals surface area contributed by atoms with Crippen LogP contribution in [0, 0.1) is 0 Å². The molecule has 0 radical (unpaired) electrons. The molecule has 11 nitrogen and oxygen atoms in total. The molecule has 0 aromatic heterocycles. The van der Waals surface area contributed by atoms with Crippen LogP contribution < -0.4 is 5.73 Å². The van der Waals surface area contributed by atoms with E-state index >= 15 is 0 Å². The zero-order chi connectivity index (χ0) is 19.8. The fourth-order valence-electron chi connectivity index (χ4n) is 1.60. The Bertz CT molecular complexity index is 614. The second-order valence-corrected chi connectivity index (χ2v) is 4.98. The number of aliphatic carboxylic acids is 3. The normalized spacial score (nSPS) is 11.8. The number of phenols is 2. The summed E-state index contributed by atoms with van der Waals surface area (Å²) in [6, 6.07) is 4.10. The number of carbonyl (C=O) groups is 3. The molecular weight excluding hydrogens is 342 g/mol. The van der Waals surface area contributed by atoms with Crippen LogP contribution in [0.5, 0.6) is 11.5 Å². The minimum Gasteiger partial charge on any atom is -0.504 e. The van der Waals surface area contributed by atoms with Crippen LogP contribution in [0.3, 0.4) is 0 Å². The van der Waals surface area contributed by atoms with Gasteiger partial charge in [-0.25, -0.2) is 4.79 Å². The Kier molecular flexibility index (Phi) is 8.33.